The summed E-state index contributed by atoms with van der Waals surface area (Å²) in [5.41, 5.74) is 7.09. The Balaban J connectivity index is 2.20. The van der Waals surface area contributed by atoms with Crippen LogP contribution in [0.15, 0.2) is 36.8 Å². The van der Waals surface area contributed by atoms with E-state index in [4.69, 9.17) is 17.3 Å². The third-order valence-corrected chi connectivity index (χ3v) is 2.97. The van der Waals surface area contributed by atoms with E-state index in [2.05, 4.69) is 15.3 Å². The van der Waals surface area contributed by atoms with Crippen molar-refractivity contribution in [1.82, 2.24) is 9.97 Å². The van der Waals surface area contributed by atoms with Gasteiger partial charge >= 0.3 is 0 Å². The van der Waals surface area contributed by atoms with Crippen LogP contribution in [-0.2, 0) is 0 Å². The maximum atomic E-state index is 11.2. The second-order valence-corrected chi connectivity index (χ2v) is 4.46. The Hall–Kier alpha value is -2.14. The summed E-state index contributed by atoms with van der Waals surface area (Å²) in [5, 5.41) is 3.55. The number of carbonyl (C=O) groups is 1. The molecule has 6 heteroatoms. The highest BCUT2D eigenvalue weighted by Crippen LogP contribution is 2.23. The zero-order valence-corrected chi connectivity index (χ0v) is 11.1. The number of hydrogen-bond donors (Lipinski definition) is 2. The van der Waals surface area contributed by atoms with Gasteiger partial charge in [-0.3, -0.25) is 14.8 Å². The summed E-state index contributed by atoms with van der Waals surface area (Å²) in [5.74, 6) is -0.555. The van der Waals surface area contributed by atoms with E-state index in [1.165, 1.54) is 0 Å². The number of rotatable bonds is 4. The molecule has 5 nitrogen and oxygen atoms in total. The molecule has 1 atom stereocenters. The third-order valence-electron chi connectivity index (χ3n) is 2.64. The van der Waals surface area contributed by atoms with E-state index in [9.17, 15) is 4.79 Å². The van der Waals surface area contributed by atoms with Crippen molar-refractivity contribution in [2.24, 2.45) is 5.73 Å². The summed E-state index contributed by atoms with van der Waals surface area (Å²) >= 11 is 5.89. The molecule has 0 saturated carbocycles. The van der Waals surface area contributed by atoms with Crippen LogP contribution < -0.4 is 11.1 Å². The number of primary amides is 1. The van der Waals surface area contributed by atoms with Crippen molar-refractivity contribution < 1.29 is 4.79 Å². The lowest BCUT2D eigenvalue weighted by Crippen LogP contribution is -2.13. The summed E-state index contributed by atoms with van der Waals surface area (Å²) in [6, 6.07) is 4.99. The van der Waals surface area contributed by atoms with Crippen LogP contribution in [0.1, 0.15) is 29.0 Å². The van der Waals surface area contributed by atoms with E-state index in [0.717, 1.165) is 11.4 Å². The monoisotopic (exact) mass is 276 g/mol. The zero-order chi connectivity index (χ0) is 13.8. The van der Waals surface area contributed by atoms with Crippen LogP contribution in [0.25, 0.3) is 0 Å². The molecule has 0 spiro atoms. The van der Waals surface area contributed by atoms with E-state index in [1.54, 1.807) is 36.8 Å². The highest BCUT2D eigenvalue weighted by Gasteiger charge is 2.10. The van der Waals surface area contributed by atoms with E-state index in [1.807, 2.05) is 6.92 Å². The summed E-state index contributed by atoms with van der Waals surface area (Å²) in [6.07, 6.45) is 4.93. The van der Waals surface area contributed by atoms with Gasteiger partial charge in [-0.05, 0) is 25.1 Å². The zero-order valence-electron chi connectivity index (χ0n) is 10.3. The summed E-state index contributed by atoms with van der Waals surface area (Å²) in [4.78, 5) is 19.4. The summed E-state index contributed by atoms with van der Waals surface area (Å²) in [6.45, 7) is 1.95. The van der Waals surface area contributed by atoms with Crippen LogP contribution >= 0.6 is 11.6 Å². The van der Waals surface area contributed by atoms with Crippen molar-refractivity contribution in [3.8, 4) is 0 Å². The van der Waals surface area contributed by atoms with Gasteiger partial charge in [0.1, 0.15) is 0 Å². The fourth-order valence-electron chi connectivity index (χ4n) is 1.66. The van der Waals surface area contributed by atoms with E-state index in [-0.39, 0.29) is 11.6 Å². The van der Waals surface area contributed by atoms with Gasteiger partial charge in [-0.2, -0.15) is 0 Å². The topological polar surface area (TPSA) is 80.9 Å². The normalized spacial score (nSPS) is 11.9. The first-order valence-corrected chi connectivity index (χ1v) is 6.07. The molecule has 0 bridgehead atoms. The van der Waals surface area contributed by atoms with Gasteiger partial charge in [0, 0.05) is 18.1 Å². The number of nitrogens with zero attached hydrogens (tertiary/aromatic N) is 2. The van der Waals surface area contributed by atoms with Crippen molar-refractivity contribution in [2.45, 2.75) is 13.0 Å². The van der Waals surface area contributed by atoms with Gasteiger partial charge in [-0.15, -0.1) is 0 Å². The van der Waals surface area contributed by atoms with Gasteiger partial charge in [-0.1, -0.05) is 11.6 Å². The number of anilines is 1. The minimum Gasteiger partial charge on any atom is -0.377 e. The van der Waals surface area contributed by atoms with Crippen LogP contribution in [-0.4, -0.2) is 15.9 Å². The summed E-state index contributed by atoms with van der Waals surface area (Å²) in [7, 11) is 0. The van der Waals surface area contributed by atoms with Crippen molar-refractivity contribution in [3.05, 3.63) is 53.1 Å². The first kappa shape index (κ1) is 13.3. The van der Waals surface area contributed by atoms with Gasteiger partial charge in [-0.25, -0.2) is 0 Å². The molecule has 0 radical (unpaired) electrons. The molecule has 0 aliphatic carbocycles. The largest absolute Gasteiger partial charge is 0.377 e. The van der Waals surface area contributed by atoms with Gasteiger partial charge in [0.2, 0.25) is 5.91 Å². The molecule has 2 aromatic rings. The predicted molar refractivity (Wildman–Crippen MR) is 74.0 cm³/mol. The van der Waals surface area contributed by atoms with Gasteiger partial charge in [0.05, 0.1) is 28.5 Å². The second kappa shape index (κ2) is 5.67. The quantitative estimate of drug-likeness (QED) is 0.898. The smallest absolute Gasteiger partial charge is 0.250 e. The number of benzene rings is 1. The molecule has 2 rings (SSSR count). The highest BCUT2D eigenvalue weighted by molar-refractivity contribution is 6.33. The Morgan fingerprint density at radius 1 is 1.42 bits per heavy atom. The lowest BCUT2D eigenvalue weighted by Gasteiger charge is -2.15. The molecule has 3 N–H and O–H groups in total. The maximum absolute atomic E-state index is 11.2. The fourth-order valence-corrected chi connectivity index (χ4v) is 1.87. The first-order chi connectivity index (χ1) is 9.08. The maximum Gasteiger partial charge on any atom is 0.250 e. The minimum absolute atomic E-state index is 0.0457. The average molecular weight is 277 g/mol. The van der Waals surface area contributed by atoms with E-state index in [0.29, 0.717) is 5.02 Å². The van der Waals surface area contributed by atoms with Crippen LogP contribution in [0.3, 0.4) is 0 Å². The Morgan fingerprint density at radius 2 is 2.21 bits per heavy atom. The molecule has 0 aliphatic heterocycles. The van der Waals surface area contributed by atoms with Crippen LogP contribution in [0, 0.1) is 0 Å². The van der Waals surface area contributed by atoms with Crippen molar-refractivity contribution in [1.29, 1.82) is 0 Å². The molecule has 1 aromatic heterocycles. The SMILES string of the molecule is CC(Nc1ccc(Cl)c(C(N)=O)c1)c1cnccn1. The van der Waals surface area contributed by atoms with Crippen LogP contribution in [0.2, 0.25) is 5.02 Å². The molecule has 98 valence electrons. The number of nitrogens with two attached hydrogens (primary N) is 1. The molecular formula is C13H13ClN4O. The van der Waals surface area contributed by atoms with Gasteiger partial charge in [0.15, 0.2) is 0 Å². The molecule has 1 amide bonds. The molecule has 1 heterocycles. The average Bonchev–Trinajstić information content (AvgIpc) is 2.41. The molecule has 0 fully saturated rings. The Labute approximate surface area is 115 Å². The third kappa shape index (κ3) is 3.20. The predicted octanol–water partition coefficient (Wildman–Crippen LogP) is 2.40. The van der Waals surface area contributed by atoms with Crippen molar-refractivity contribution >= 4 is 23.2 Å². The Bertz CT molecular complexity index is 588. The van der Waals surface area contributed by atoms with E-state index < -0.39 is 5.91 Å². The number of hydrogen-bond acceptors (Lipinski definition) is 4. The lowest BCUT2D eigenvalue weighted by atomic mass is 10.1. The minimum atomic E-state index is -0.555. The van der Waals surface area contributed by atoms with Crippen molar-refractivity contribution in [3.63, 3.8) is 0 Å². The fraction of sp³-hybridized carbons (Fsp3) is 0.154. The van der Waals surface area contributed by atoms with Crippen molar-refractivity contribution in [2.75, 3.05) is 5.32 Å². The second-order valence-electron chi connectivity index (χ2n) is 4.06. The standard InChI is InChI=1S/C13H13ClN4O/c1-8(12-7-16-4-5-17-12)18-9-2-3-11(14)10(6-9)13(15)19/h2-8,18H,1H3,(H2,15,19). The Morgan fingerprint density at radius 3 is 2.84 bits per heavy atom. The number of halogens is 1. The van der Waals surface area contributed by atoms with Crippen LogP contribution in [0.4, 0.5) is 5.69 Å². The molecule has 1 aromatic carbocycles. The van der Waals surface area contributed by atoms with Gasteiger partial charge < -0.3 is 11.1 Å². The molecule has 19 heavy (non-hydrogen) atoms. The first-order valence-electron chi connectivity index (χ1n) is 5.69. The molecule has 0 aliphatic rings. The lowest BCUT2D eigenvalue weighted by molar-refractivity contribution is 0.100. The number of amides is 1. The van der Waals surface area contributed by atoms with Crippen LogP contribution in [0.5, 0.6) is 0 Å². The number of nitrogens with one attached hydrogen (secondary N) is 1. The molecule has 1 unspecified atom stereocenters. The highest BCUT2D eigenvalue weighted by atomic mass is 35.5. The number of aromatic nitrogens is 2. The molecule has 0 saturated heterocycles. The van der Waals surface area contributed by atoms with Gasteiger partial charge in [0.25, 0.3) is 0 Å². The number of carbonyl (C=O) groups excluding carboxylic acids is 1. The summed E-state index contributed by atoms with van der Waals surface area (Å²) < 4.78 is 0. The Kier molecular flexibility index (Phi) is 3.97. The van der Waals surface area contributed by atoms with E-state index >= 15 is 0 Å². The molecular weight excluding hydrogens is 264 g/mol.